The number of sulfonamides is 1. The van der Waals surface area contributed by atoms with Crippen LogP contribution in [-0.4, -0.2) is 27.6 Å². The summed E-state index contributed by atoms with van der Waals surface area (Å²) in [7, 11) is -2.20. The van der Waals surface area contributed by atoms with E-state index in [2.05, 4.69) is 15.2 Å². The van der Waals surface area contributed by atoms with E-state index in [-0.39, 0.29) is 15.5 Å². The van der Waals surface area contributed by atoms with Crippen molar-refractivity contribution in [3.63, 3.8) is 0 Å². The van der Waals surface area contributed by atoms with Crippen molar-refractivity contribution in [2.45, 2.75) is 4.21 Å². The molecule has 3 rings (SSSR count). The van der Waals surface area contributed by atoms with Gasteiger partial charge in [0.05, 0.1) is 24.6 Å². The van der Waals surface area contributed by atoms with Crippen molar-refractivity contribution < 1.29 is 17.9 Å². The first-order valence-corrected chi connectivity index (χ1v) is 10.5. The summed E-state index contributed by atoms with van der Waals surface area (Å²) in [5.41, 5.74) is 3.47. The summed E-state index contributed by atoms with van der Waals surface area (Å²) < 4.78 is 32.6. The highest BCUT2D eigenvalue weighted by molar-refractivity contribution is 7.94. The van der Waals surface area contributed by atoms with Gasteiger partial charge in [-0.25, -0.2) is 13.8 Å². The summed E-state index contributed by atoms with van der Waals surface area (Å²) in [5, 5.41) is 5.59. The average molecular weight is 415 g/mol. The average Bonchev–Trinajstić information content (AvgIpc) is 3.24. The smallest absolute Gasteiger partial charge is 0.273 e. The van der Waals surface area contributed by atoms with Gasteiger partial charge in [-0.1, -0.05) is 30.3 Å². The molecule has 0 aliphatic rings. The number of nitrogens with one attached hydrogen (secondary N) is 2. The van der Waals surface area contributed by atoms with Crippen LogP contribution >= 0.6 is 11.3 Å². The van der Waals surface area contributed by atoms with E-state index in [0.717, 1.165) is 16.9 Å². The first-order chi connectivity index (χ1) is 13.5. The zero-order valence-corrected chi connectivity index (χ0v) is 16.5. The van der Waals surface area contributed by atoms with Gasteiger partial charge >= 0.3 is 0 Å². The number of benzene rings is 2. The highest BCUT2D eigenvalue weighted by atomic mass is 32.2. The van der Waals surface area contributed by atoms with E-state index < -0.39 is 15.9 Å². The number of thiophene rings is 1. The maximum absolute atomic E-state index is 12.5. The lowest BCUT2D eigenvalue weighted by molar-refractivity contribution is 0.0956. The molecule has 1 heterocycles. The monoisotopic (exact) mass is 415 g/mol. The summed E-state index contributed by atoms with van der Waals surface area (Å²) in [6.07, 6.45) is 1.47. The molecule has 0 bridgehead atoms. The molecule has 0 saturated heterocycles. The summed E-state index contributed by atoms with van der Waals surface area (Å²) in [6.45, 7) is 0. The first kappa shape index (κ1) is 19.6. The molecule has 1 amide bonds. The van der Waals surface area contributed by atoms with Crippen molar-refractivity contribution in [1.82, 2.24) is 5.43 Å². The molecule has 0 atom stereocenters. The lowest BCUT2D eigenvalue weighted by atomic mass is 10.2. The highest BCUT2D eigenvalue weighted by Gasteiger charge is 2.19. The van der Waals surface area contributed by atoms with E-state index in [1.165, 1.54) is 24.4 Å². The fourth-order valence-corrected chi connectivity index (χ4v) is 4.40. The van der Waals surface area contributed by atoms with Gasteiger partial charge in [-0.3, -0.25) is 9.52 Å². The number of para-hydroxylation sites is 1. The van der Waals surface area contributed by atoms with Gasteiger partial charge in [0.25, 0.3) is 15.9 Å². The number of methoxy groups -OCH3 is 1. The molecule has 1 aromatic heterocycles. The SMILES string of the molecule is COc1cccc(/C=N\NC(=O)c2ccccc2NS(=O)(=O)c2cccs2)c1. The Kier molecular flexibility index (Phi) is 6.07. The molecule has 0 aliphatic carbocycles. The molecule has 144 valence electrons. The third kappa shape index (κ3) is 4.76. The van der Waals surface area contributed by atoms with E-state index in [4.69, 9.17) is 4.74 Å². The second-order valence-electron chi connectivity index (χ2n) is 5.56. The first-order valence-electron chi connectivity index (χ1n) is 8.12. The zero-order valence-electron chi connectivity index (χ0n) is 14.8. The van der Waals surface area contributed by atoms with Crippen LogP contribution in [-0.2, 0) is 10.0 Å². The topological polar surface area (TPSA) is 96.9 Å². The lowest BCUT2D eigenvalue weighted by Gasteiger charge is -2.10. The van der Waals surface area contributed by atoms with Crippen molar-refractivity contribution >= 4 is 39.2 Å². The Labute approximate surface area is 166 Å². The van der Waals surface area contributed by atoms with Crippen LogP contribution < -0.4 is 14.9 Å². The number of ether oxygens (including phenoxy) is 1. The Morgan fingerprint density at radius 1 is 1.11 bits per heavy atom. The van der Waals surface area contributed by atoms with E-state index in [9.17, 15) is 13.2 Å². The molecule has 0 saturated carbocycles. The second kappa shape index (κ2) is 8.68. The predicted molar refractivity (Wildman–Crippen MR) is 110 cm³/mol. The van der Waals surface area contributed by atoms with Crippen LogP contribution in [0.5, 0.6) is 5.75 Å². The van der Waals surface area contributed by atoms with Crippen LogP contribution in [0.2, 0.25) is 0 Å². The largest absolute Gasteiger partial charge is 0.497 e. The molecule has 9 heteroatoms. The molecular weight excluding hydrogens is 398 g/mol. The predicted octanol–water partition coefficient (Wildman–Crippen LogP) is 3.32. The van der Waals surface area contributed by atoms with Crippen LogP contribution in [0.15, 0.2) is 75.4 Å². The van der Waals surface area contributed by atoms with E-state index in [1.54, 1.807) is 55.0 Å². The van der Waals surface area contributed by atoms with Crippen LogP contribution in [0, 0.1) is 0 Å². The van der Waals surface area contributed by atoms with Gasteiger partial charge in [0.1, 0.15) is 9.96 Å². The van der Waals surface area contributed by atoms with E-state index in [0.29, 0.717) is 5.75 Å². The maximum atomic E-state index is 12.5. The summed E-state index contributed by atoms with van der Waals surface area (Å²) in [4.78, 5) is 12.5. The van der Waals surface area contributed by atoms with Crippen molar-refractivity contribution in [2.75, 3.05) is 11.8 Å². The lowest BCUT2D eigenvalue weighted by Crippen LogP contribution is -2.21. The minimum absolute atomic E-state index is 0.158. The van der Waals surface area contributed by atoms with Gasteiger partial charge in [0, 0.05) is 0 Å². The number of anilines is 1. The molecule has 7 nitrogen and oxygen atoms in total. The highest BCUT2D eigenvalue weighted by Crippen LogP contribution is 2.22. The Bertz CT molecular complexity index is 1090. The third-order valence-corrected chi connectivity index (χ3v) is 6.41. The Morgan fingerprint density at radius 3 is 2.68 bits per heavy atom. The van der Waals surface area contributed by atoms with Gasteiger partial charge < -0.3 is 4.74 Å². The quantitative estimate of drug-likeness (QED) is 0.457. The second-order valence-corrected chi connectivity index (χ2v) is 8.42. The fraction of sp³-hybridized carbons (Fsp3) is 0.0526. The van der Waals surface area contributed by atoms with Crippen LogP contribution in [0.1, 0.15) is 15.9 Å². The minimum Gasteiger partial charge on any atom is -0.497 e. The molecular formula is C19H17N3O4S2. The van der Waals surface area contributed by atoms with Gasteiger partial charge in [-0.05, 0) is 41.3 Å². The number of hydrazone groups is 1. The van der Waals surface area contributed by atoms with E-state index >= 15 is 0 Å². The zero-order chi connectivity index (χ0) is 20.0. The maximum Gasteiger partial charge on any atom is 0.273 e. The molecule has 0 aliphatic heterocycles. The third-order valence-electron chi connectivity index (χ3n) is 3.65. The molecule has 0 fully saturated rings. The van der Waals surface area contributed by atoms with Crippen molar-refractivity contribution in [3.05, 3.63) is 77.2 Å². The number of carbonyl (C=O) groups is 1. The number of rotatable bonds is 7. The number of hydrogen-bond donors (Lipinski definition) is 2. The normalized spacial score (nSPS) is 11.3. The molecule has 0 spiro atoms. The van der Waals surface area contributed by atoms with Crippen molar-refractivity contribution in [2.24, 2.45) is 5.10 Å². The molecule has 2 aromatic carbocycles. The van der Waals surface area contributed by atoms with Gasteiger partial charge in [0.2, 0.25) is 0 Å². The van der Waals surface area contributed by atoms with Gasteiger partial charge in [0.15, 0.2) is 0 Å². The van der Waals surface area contributed by atoms with Crippen molar-refractivity contribution in [1.29, 1.82) is 0 Å². The number of nitrogens with zero attached hydrogens (tertiary/aromatic N) is 1. The van der Waals surface area contributed by atoms with E-state index in [1.807, 2.05) is 0 Å². The van der Waals surface area contributed by atoms with Gasteiger partial charge in [-0.2, -0.15) is 5.10 Å². The van der Waals surface area contributed by atoms with Gasteiger partial charge in [-0.15, -0.1) is 11.3 Å². The summed E-state index contributed by atoms with van der Waals surface area (Å²) in [6, 6.07) is 16.6. The number of hydrogen-bond acceptors (Lipinski definition) is 6. The molecule has 0 radical (unpaired) electrons. The summed E-state index contributed by atoms with van der Waals surface area (Å²) in [5.74, 6) is 0.132. The van der Waals surface area contributed by atoms with Crippen LogP contribution in [0.25, 0.3) is 0 Å². The standard InChI is InChI=1S/C19H17N3O4S2/c1-26-15-7-4-6-14(12-15)13-20-21-19(23)16-8-2-3-9-17(16)22-28(24,25)18-10-5-11-27-18/h2-13,22H,1H3,(H,21,23)/b20-13-. The number of carbonyl (C=O) groups excluding carboxylic acids is 1. The van der Waals surface area contributed by atoms with Crippen LogP contribution in [0.4, 0.5) is 5.69 Å². The fourth-order valence-electron chi connectivity index (χ4n) is 2.33. The Hall–Kier alpha value is -3.17. The Morgan fingerprint density at radius 2 is 1.93 bits per heavy atom. The molecule has 28 heavy (non-hydrogen) atoms. The minimum atomic E-state index is -3.76. The molecule has 0 unspecified atom stereocenters. The van der Waals surface area contributed by atoms with Crippen molar-refractivity contribution in [3.8, 4) is 5.75 Å². The summed E-state index contributed by atoms with van der Waals surface area (Å²) >= 11 is 1.09. The molecule has 2 N–H and O–H groups in total. The Balaban J connectivity index is 1.75. The van der Waals surface area contributed by atoms with Crippen LogP contribution in [0.3, 0.4) is 0 Å². The molecule has 3 aromatic rings. The number of amides is 1.